The number of ether oxygens (including phenoxy) is 1. The van der Waals surface area contributed by atoms with Crippen LogP contribution < -0.4 is 10.6 Å². The zero-order valence-corrected chi connectivity index (χ0v) is 20.0. The molecule has 1 heterocycles. The largest absolute Gasteiger partial charge is 0.508 e. The van der Waals surface area contributed by atoms with Crippen LogP contribution in [0.4, 0.5) is 0 Å². The number of aliphatic hydroxyl groups excluding tert-OH is 1. The molecule has 0 saturated carbocycles. The average molecular weight is 482 g/mol. The Bertz CT molecular complexity index is 930. The third kappa shape index (κ3) is 7.89. The standard InChI is InChI=1S/C23H29Cl2N3O4/c1-4-17(7-9-20(29)15(3)13-28-11-10-26-22(31)14-28)32-23-18(24)8-6-16(12-19(23)25)27-21(30)5-2/h4,6-7,9,12,29H,5,8,10-11,13-14H2,1-3H3,(H,26,31)(H,27,30)/b9-7-,17-4+,20-15-. The third-order valence-corrected chi connectivity index (χ3v) is 5.38. The smallest absolute Gasteiger partial charge is 0.234 e. The second kappa shape index (κ2) is 12.5. The lowest BCUT2D eigenvalue weighted by molar-refractivity contribution is -0.124. The summed E-state index contributed by atoms with van der Waals surface area (Å²) >= 11 is 12.8. The molecule has 0 radical (unpaired) electrons. The molecule has 0 aromatic rings. The molecular formula is C23H29Cl2N3O4. The van der Waals surface area contributed by atoms with Crippen LogP contribution >= 0.6 is 23.2 Å². The van der Waals surface area contributed by atoms with Gasteiger partial charge in [-0.25, -0.2) is 0 Å². The van der Waals surface area contributed by atoms with Gasteiger partial charge in [-0.15, -0.1) is 0 Å². The van der Waals surface area contributed by atoms with Gasteiger partial charge in [0.25, 0.3) is 0 Å². The Morgan fingerprint density at radius 1 is 1.38 bits per heavy atom. The number of carbonyl (C=O) groups excluding carboxylic acids is 2. The maximum atomic E-state index is 11.7. The van der Waals surface area contributed by atoms with Crippen LogP contribution in [0.5, 0.6) is 0 Å². The summed E-state index contributed by atoms with van der Waals surface area (Å²) in [5.41, 5.74) is 1.29. The lowest BCUT2D eigenvalue weighted by Gasteiger charge is -2.26. The Hall–Kier alpha value is -2.48. The van der Waals surface area contributed by atoms with E-state index in [0.717, 1.165) is 12.1 Å². The fraction of sp³-hybridized carbons (Fsp3) is 0.391. The Kier molecular flexibility index (Phi) is 10.1. The van der Waals surface area contributed by atoms with E-state index in [1.54, 1.807) is 38.2 Å². The highest BCUT2D eigenvalue weighted by atomic mass is 35.5. The van der Waals surface area contributed by atoms with Crippen molar-refractivity contribution in [2.75, 3.05) is 26.2 Å². The number of amides is 2. The zero-order chi connectivity index (χ0) is 23.7. The van der Waals surface area contributed by atoms with Crippen molar-refractivity contribution >= 4 is 35.0 Å². The van der Waals surface area contributed by atoms with Crippen LogP contribution in [0.1, 0.15) is 33.6 Å². The first kappa shape index (κ1) is 25.8. The molecule has 1 fully saturated rings. The fourth-order valence-electron chi connectivity index (χ4n) is 2.98. The number of hydrogen-bond acceptors (Lipinski definition) is 5. The molecule has 0 spiro atoms. The number of allylic oxidation sites excluding steroid dienone is 7. The highest BCUT2D eigenvalue weighted by Gasteiger charge is 2.18. The van der Waals surface area contributed by atoms with Crippen LogP contribution in [0.2, 0.25) is 0 Å². The molecule has 9 heteroatoms. The Balaban J connectivity index is 2.07. The lowest BCUT2D eigenvalue weighted by atomic mass is 10.2. The first-order chi connectivity index (χ1) is 15.2. The Morgan fingerprint density at radius 2 is 2.12 bits per heavy atom. The number of halogens is 2. The maximum Gasteiger partial charge on any atom is 0.234 e. The van der Waals surface area contributed by atoms with Gasteiger partial charge in [-0.2, -0.15) is 0 Å². The summed E-state index contributed by atoms with van der Waals surface area (Å²) in [7, 11) is 0. The molecule has 2 amide bonds. The molecule has 0 aromatic heterocycles. The van der Waals surface area contributed by atoms with E-state index >= 15 is 0 Å². The molecule has 1 saturated heterocycles. The van der Waals surface area contributed by atoms with Crippen molar-refractivity contribution in [1.82, 2.24) is 15.5 Å². The minimum absolute atomic E-state index is 0.0194. The van der Waals surface area contributed by atoms with Crippen molar-refractivity contribution in [2.45, 2.75) is 33.6 Å². The number of nitrogens with zero attached hydrogens (tertiary/aromatic N) is 1. The normalized spacial score (nSPS) is 19.2. The van der Waals surface area contributed by atoms with Crippen LogP contribution in [0.25, 0.3) is 0 Å². The van der Waals surface area contributed by atoms with Crippen molar-refractivity contribution in [3.8, 4) is 0 Å². The zero-order valence-electron chi connectivity index (χ0n) is 18.5. The van der Waals surface area contributed by atoms with Crippen molar-refractivity contribution < 1.29 is 19.4 Å². The van der Waals surface area contributed by atoms with Gasteiger partial charge in [0.15, 0.2) is 5.76 Å². The van der Waals surface area contributed by atoms with E-state index in [4.69, 9.17) is 27.9 Å². The molecule has 174 valence electrons. The first-order valence-corrected chi connectivity index (χ1v) is 11.1. The minimum atomic E-state index is -0.127. The van der Waals surface area contributed by atoms with Crippen molar-refractivity contribution in [2.24, 2.45) is 0 Å². The van der Waals surface area contributed by atoms with E-state index in [9.17, 15) is 14.7 Å². The van der Waals surface area contributed by atoms with Gasteiger partial charge in [-0.05, 0) is 43.7 Å². The summed E-state index contributed by atoms with van der Waals surface area (Å²) < 4.78 is 5.90. The van der Waals surface area contributed by atoms with E-state index < -0.39 is 0 Å². The number of hydrogen-bond donors (Lipinski definition) is 3. The molecule has 0 unspecified atom stereocenters. The predicted octanol–water partition coefficient (Wildman–Crippen LogP) is 4.11. The molecule has 32 heavy (non-hydrogen) atoms. The summed E-state index contributed by atoms with van der Waals surface area (Å²) in [6, 6.07) is 0. The predicted molar refractivity (Wildman–Crippen MR) is 127 cm³/mol. The monoisotopic (exact) mass is 481 g/mol. The van der Waals surface area contributed by atoms with Gasteiger partial charge in [0.05, 0.1) is 16.6 Å². The van der Waals surface area contributed by atoms with Crippen molar-refractivity contribution in [3.05, 3.63) is 69.0 Å². The number of piperazine rings is 1. The van der Waals surface area contributed by atoms with E-state index in [1.807, 2.05) is 11.8 Å². The Labute approximate surface area is 198 Å². The molecule has 1 aliphatic carbocycles. The van der Waals surface area contributed by atoms with Crippen LogP contribution in [-0.2, 0) is 14.3 Å². The first-order valence-electron chi connectivity index (χ1n) is 10.4. The van der Waals surface area contributed by atoms with Gasteiger partial charge in [0.1, 0.15) is 11.5 Å². The number of nitrogens with one attached hydrogen (secondary N) is 2. The van der Waals surface area contributed by atoms with Crippen LogP contribution in [0.15, 0.2) is 69.0 Å². The van der Waals surface area contributed by atoms with Crippen LogP contribution in [-0.4, -0.2) is 48.0 Å². The average Bonchev–Trinajstić information content (AvgIpc) is 2.88. The van der Waals surface area contributed by atoms with E-state index in [2.05, 4.69) is 10.6 Å². The summed E-state index contributed by atoms with van der Waals surface area (Å²) in [5, 5.41) is 16.6. The number of aliphatic hydroxyl groups is 1. The van der Waals surface area contributed by atoms with Gasteiger partial charge in [-0.3, -0.25) is 14.5 Å². The minimum Gasteiger partial charge on any atom is -0.508 e. The molecule has 2 rings (SSSR count). The lowest BCUT2D eigenvalue weighted by Crippen LogP contribution is -2.48. The highest BCUT2D eigenvalue weighted by molar-refractivity contribution is 6.35. The molecule has 3 N–H and O–H groups in total. The van der Waals surface area contributed by atoms with Gasteiger partial charge in [0.2, 0.25) is 11.8 Å². The fourth-order valence-corrected chi connectivity index (χ4v) is 3.51. The van der Waals surface area contributed by atoms with Gasteiger partial charge >= 0.3 is 0 Å². The van der Waals surface area contributed by atoms with Gasteiger partial charge in [0, 0.05) is 38.2 Å². The topological polar surface area (TPSA) is 90.9 Å². The second-order valence-electron chi connectivity index (χ2n) is 7.34. The Morgan fingerprint density at radius 3 is 2.78 bits per heavy atom. The van der Waals surface area contributed by atoms with Crippen molar-refractivity contribution in [3.63, 3.8) is 0 Å². The molecule has 0 aromatic carbocycles. The summed E-state index contributed by atoms with van der Waals surface area (Å²) in [4.78, 5) is 25.1. The third-order valence-electron chi connectivity index (χ3n) is 4.78. The summed E-state index contributed by atoms with van der Waals surface area (Å²) in [6.07, 6.45) is 8.91. The number of carbonyl (C=O) groups is 2. The summed E-state index contributed by atoms with van der Waals surface area (Å²) in [5.74, 6) is 0.657. The number of rotatable bonds is 8. The van der Waals surface area contributed by atoms with E-state index in [1.165, 1.54) is 6.08 Å². The maximum absolute atomic E-state index is 11.7. The highest BCUT2D eigenvalue weighted by Crippen LogP contribution is 2.31. The SMILES string of the molecule is C\C=C(/C=C\C(O)=C(/C)CN1CCNC(=O)C1)OC1=C(Cl)CC=C(NC(=O)CC)C=C1Cl. The van der Waals surface area contributed by atoms with Gasteiger partial charge in [-0.1, -0.05) is 36.2 Å². The molecule has 0 atom stereocenters. The summed E-state index contributed by atoms with van der Waals surface area (Å²) in [6.45, 7) is 7.48. The molecule has 1 aliphatic heterocycles. The van der Waals surface area contributed by atoms with Crippen LogP contribution in [0.3, 0.4) is 0 Å². The van der Waals surface area contributed by atoms with Gasteiger partial charge < -0.3 is 20.5 Å². The van der Waals surface area contributed by atoms with E-state index in [0.29, 0.717) is 49.0 Å². The van der Waals surface area contributed by atoms with Crippen molar-refractivity contribution in [1.29, 1.82) is 0 Å². The van der Waals surface area contributed by atoms with Crippen LogP contribution in [0, 0.1) is 0 Å². The molecule has 7 nitrogen and oxygen atoms in total. The second-order valence-corrected chi connectivity index (χ2v) is 8.21. The molecule has 0 bridgehead atoms. The van der Waals surface area contributed by atoms with E-state index in [-0.39, 0.29) is 28.4 Å². The molecular weight excluding hydrogens is 453 g/mol. The quantitative estimate of drug-likeness (QED) is 0.358. The molecule has 2 aliphatic rings.